The van der Waals surface area contributed by atoms with Crippen LogP contribution in [0.3, 0.4) is 0 Å². The molecule has 3 aromatic rings. The number of piperazine rings is 1. The monoisotopic (exact) mass is 391 g/mol. The average molecular weight is 391 g/mol. The number of rotatable bonds is 5. The highest BCUT2D eigenvalue weighted by atomic mass is 16.5. The van der Waals surface area contributed by atoms with E-state index < -0.39 is 0 Å². The summed E-state index contributed by atoms with van der Waals surface area (Å²) >= 11 is 0. The van der Waals surface area contributed by atoms with Crippen LogP contribution < -0.4 is 14.4 Å². The third kappa shape index (κ3) is 3.65. The molecule has 2 aliphatic heterocycles. The molecular weight excluding hydrogens is 366 g/mol. The number of H-pyrrole nitrogens is 1. The fourth-order valence-electron chi connectivity index (χ4n) is 4.16. The Morgan fingerprint density at radius 3 is 2.79 bits per heavy atom. The number of benzene rings is 2. The number of ether oxygens (including phenoxy) is 2. The summed E-state index contributed by atoms with van der Waals surface area (Å²) in [7, 11) is 1.73. The summed E-state index contributed by atoms with van der Waals surface area (Å²) in [6.07, 6.45) is 2.53. The van der Waals surface area contributed by atoms with Gasteiger partial charge in [-0.2, -0.15) is 10.1 Å². The molecule has 5 rings (SSSR count). The molecule has 1 N–H and O–H groups in total. The highest BCUT2D eigenvalue weighted by molar-refractivity contribution is 5.73. The number of nitrogens with zero attached hydrogens (tertiary/aromatic N) is 4. The fraction of sp³-hybridized carbons (Fsp3) is 0.364. The van der Waals surface area contributed by atoms with E-state index in [0.717, 1.165) is 68.8 Å². The van der Waals surface area contributed by atoms with Crippen LogP contribution >= 0.6 is 0 Å². The van der Waals surface area contributed by atoms with E-state index in [9.17, 15) is 0 Å². The second kappa shape index (κ2) is 7.75. The zero-order chi connectivity index (χ0) is 19.6. The number of methoxy groups -OCH3 is 1. The molecule has 1 saturated heterocycles. The Balaban J connectivity index is 1.32. The summed E-state index contributed by atoms with van der Waals surface area (Å²) in [5.74, 6) is 2.77. The Morgan fingerprint density at radius 2 is 2.00 bits per heavy atom. The molecule has 0 bridgehead atoms. The second-order valence-electron chi connectivity index (χ2n) is 7.53. The predicted molar refractivity (Wildman–Crippen MR) is 112 cm³/mol. The number of fused-ring (bicyclic) bond motifs is 1. The third-order valence-corrected chi connectivity index (χ3v) is 5.74. The molecule has 0 amide bonds. The van der Waals surface area contributed by atoms with Crippen LogP contribution in [-0.2, 0) is 13.0 Å². The SMILES string of the molecule is COc1ccc(CN2CCN(c3ncn[nH]3)CC2)cc1-c1ccc2c(c1)CCO2. The van der Waals surface area contributed by atoms with Crippen molar-refractivity contribution < 1.29 is 9.47 Å². The Kier molecular flexibility index (Phi) is 4.81. The normalized spacial score (nSPS) is 16.5. The molecule has 0 unspecified atom stereocenters. The van der Waals surface area contributed by atoms with Crippen molar-refractivity contribution in [1.29, 1.82) is 0 Å². The van der Waals surface area contributed by atoms with Crippen LogP contribution in [0.25, 0.3) is 11.1 Å². The van der Waals surface area contributed by atoms with Gasteiger partial charge in [0.1, 0.15) is 17.8 Å². The van der Waals surface area contributed by atoms with Crippen molar-refractivity contribution in [2.24, 2.45) is 0 Å². The van der Waals surface area contributed by atoms with Crippen LogP contribution in [0.2, 0.25) is 0 Å². The van der Waals surface area contributed by atoms with E-state index in [4.69, 9.17) is 9.47 Å². The van der Waals surface area contributed by atoms with Crippen LogP contribution in [0, 0.1) is 0 Å². The standard InChI is InChI=1S/C22H25N5O2/c1-28-21-4-2-16(12-19(21)17-3-5-20-18(13-17)6-11-29-20)14-26-7-9-27(10-8-26)22-23-15-24-25-22/h2-5,12-13,15H,6-11,14H2,1H3,(H,23,24,25). The van der Waals surface area contributed by atoms with Gasteiger partial charge in [0.05, 0.1) is 13.7 Å². The molecule has 29 heavy (non-hydrogen) atoms. The van der Waals surface area contributed by atoms with Crippen molar-refractivity contribution >= 4 is 5.95 Å². The first kappa shape index (κ1) is 18.0. The molecule has 0 spiro atoms. The minimum Gasteiger partial charge on any atom is -0.496 e. The first-order valence-corrected chi connectivity index (χ1v) is 10.1. The Morgan fingerprint density at radius 1 is 1.10 bits per heavy atom. The topological polar surface area (TPSA) is 66.5 Å². The molecule has 0 radical (unpaired) electrons. The van der Waals surface area contributed by atoms with Crippen LogP contribution in [0.4, 0.5) is 5.95 Å². The molecule has 1 aromatic heterocycles. The van der Waals surface area contributed by atoms with Gasteiger partial charge in [-0.3, -0.25) is 4.90 Å². The van der Waals surface area contributed by atoms with Gasteiger partial charge in [0, 0.05) is 44.7 Å². The molecule has 2 aromatic carbocycles. The molecule has 0 saturated carbocycles. The zero-order valence-electron chi connectivity index (χ0n) is 16.6. The van der Waals surface area contributed by atoms with Crippen molar-refractivity contribution in [2.45, 2.75) is 13.0 Å². The van der Waals surface area contributed by atoms with Crippen LogP contribution in [0.1, 0.15) is 11.1 Å². The van der Waals surface area contributed by atoms with Gasteiger partial charge in [-0.1, -0.05) is 12.1 Å². The number of hydrogen-bond acceptors (Lipinski definition) is 6. The summed E-state index contributed by atoms with van der Waals surface area (Å²) in [6, 6.07) is 13.0. The fourth-order valence-corrected chi connectivity index (χ4v) is 4.16. The van der Waals surface area contributed by atoms with Crippen molar-refractivity contribution in [2.75, 3.05) is 44.8 Å². The van der Waals surface area contributed by atoms with Gasteiger partial charge in [-0.05, 0) is 41.0 Å². The summed E-state index contributed by atoms with van der Waals surface area (Å²) in [5, 5.41) is 6.90. The number of aromatic nitrogens is 3. The lowest BCUT2D eigenvalue weighted by atomic mass is 9.99. The maximum atomic E-state index is 5.65. The van der Waals surface area contributed by atoms with E-state index >= 15 is 0 Å². The van der Waals surface area contributed by atoms with E-state index in [-0.39, 0.29) is 0 Å². The van der Waals surface area contributed by atoms with E-state index in [1.807, 2.05) is 0 Å². The molecule has 7 nitrogen and oxygen atoms in total. The first-order chi connectivity index (χ1) is 14.3. The smallest absolute Gasteiger partial charge is 0.221 e. The van der Waals surface area contributed by atoms with E-state index in [1.165, 1.54) is 16.7 Å². The lowest BCUT2D eigenvalue weighted by molar-refractivity contribution is 0.248. The molecule has 2 aliphatic rings. The van der Waals surface area contributed by atoms with Crippen molar-refractivity contribution in [1.82, 2.24) is 20.1 Å². The molecule has 1 fully saturated rings. The summed E-state index contributed by atoms with van der Waals surface area (Å²) in [6.45, 7) is 5.59. The summed E-state index contributed by atoms with van der Waals surface area (Å²) < 4.78 is 11.3. The Bertz CT molecular complexity index is 981. The Hall–Kier alpha value is -3.06. The molecule has 0 aliphatic carbocycles. The van der Waals surface area contributed by atoms with Gasteiger partial charge >= 0.3 is 0 Å². The predicted octanol–water partition coefficient (Wildman–Crippen LogP) is 2.74. The van der Waals surface area contributed by atoms with Crippen LogP contribution in [0.5, 0.6) is 11.5 Å². The quantitative estimate of drug-likeness (QED) is 0.721. The average Bonchev–Trinajstić information content (AvgIpc) is 3.46. The van der Waals surface area contributed by atoms with Gasteiger partial charge in [0.2, 0.25) is 5.95 Å². The largest absolute Gasteiger partial charge is 0.496 e. The van der Waals surface area contributed by atoms with E-state index in [1.54, 1.807) is 13.4 Å². The van der Waals surface area contributed by atoms with Crippen LogP contribution in [-0.4, -0.2) is 60.0 Å². The van der Waals surface area contributed by atoms with Crippen molar-refractivity contribution in [3.8, 4) is 22.6 Å². The molecular formula is C22H25N5O2. The Labute approximate surface area is 170 Å². The minimum absolute atomic E-state index is 0.774. The van der Waals surface area contributed by atoms with E-state index in [0.29, 0.717) is 0 Å². The maximum absolute atomic E-state index is 5.65. The van der Waals surface area contributed by atoms with Gasteiger partial charge < -0.3 is 14.4 Å². The molecule has 7 heteroatoms. The highest BCUT2D eigenvalue weighted by Crippen LogP contribution is 2.35. The number of aromatic amines is 1. The van der Waals surface area contributed by atoms with Gasteiger partial charge in [0.25, 0.3) is 0 Å². The molecule has 150 valence electrons. The van der Waals surface area contributed by atoms with Crippen molar-refractivity contribution in [3.05, 3.63) is 53.9 Å². The number of anilines is 1. The van der Waals surface area contributed by atoms with E-state index in [2.05, 4.69) is 61.4 Å². The highest BCUT2D eigenvalue weighted by Gasteiger charge is 2.20. The maximum Gasteiger partial charge on any atom is 0.221 e. The molecule has 0 atom stereocenters. The summed E-state index contributed by atoms with van der Waals surface area (Å²) in [5.41, 5.74) is 4.90. The lowest BCUT2D eigenvalue weighted by Crippen LogP contribution is -2.46. The second-order valence-corrected chi connectivity index (χ2v) is 7.53. The third-order valence-electron chi connectivity index (χ3n) is 5.74. The minimum atomic E-state index is 0.774. The number of hydrogen-bond donors (Lipinski definition) is 1. The van der Waals surface area contributed by atoms with Gasteiger partial charge in [0.15, 0.2) is 0 Å². The van der Waals surface area contributed by atoms with Crippen molar-refractivity contribution in [3.63, 3.8) is 0 Å². The lowest BCUT2D eigenvalue weighted by Gasteiger charge is -2.34. The number of nitrogens with one attached hydrogen (secondary N) is 1. The summed E-state index contributed by atoms with van der Waals surface area (Å²) in [4.78, 5) is 8.98. The van der Waals surface area contributed by atoms with Gasteiger partial charge in [-0.25, -0.2) is 5.10 Å². The first-order valence-electron chi connectivity index (χ1n) is 10.1. The molecule has 3 heterocycles. The zero-order valence-corrected chi connectivity index (χ0v) is 16.6. The van der Waals surface area contributed by atoms with Gasteiger partial charge in [-0.15, -0.1) is 0 Å². The van der Waals surface area contributed by atoms with Crippen LogP contribution in [0.15, 0.2) is 42.7 Å².